The molecule has 3 N–H and O–H groups in total. The Morgan fingerprint density at radius 2 is 2.24 bits per heavy atom. The molecule has 0 radical (unpaired) electrons. The van der Waals surface area contributed by atoms with Gasteiger partial charge in [-0.15, -0.1) is 0 Å². The third-order valence-corrected chi connectivity index (χ3v) is 2.31. The van der Waals surface area contributed by atoms with Crippen molar-refractivity contribution in [1.82, 2.24) is 0 Å². The maximum atomic E-state index is 11.4. The van der Waals surface area contributed by atoms with E-state index < -0.39 is 18.1 Å². The summed E-state index contributed by atoms with van der Waals surface area (Å²) < 4.78 is 10.0. The fourth-order valence-corrected chi connectivity index (χ4v) is 1.21. The summed E-state index contributed by atoms with van der Waals surface area (Å²) in [6.45, 7) is 1.55. The Balaban J connectivity index is 2.52. The Morgan fingerprint density at radius 1 is 1.53 bits per heavy atom. The summed E-state index contributed by atoms with van der Waals surface area (Å²) in [6.07, 6.45) is -0.923. The summed E-state index contributed by atoms with van der Waals surface area (Å²) in [5.74, 6) is 0.0705. The number of rotatable bonds is 5. The van der Waals surface area contributed by atoms with Crippen LogP contribution in [0.25, 0.3) is 0 Å². The van der Waals surface area contributed by atoms with Gasteiger partial charge in [0.2, 0.25) is 0 Å². The number of carbonyl (C=O) groups excluding carboxylic acids is 1. The van der Waals surface area contributed by atoms with Crippen LogP contribution in [0.3, 0.4) is 0 Å². The Morgan fingerprint density at radius 3 is 2.82 bits per heavy atom. The largest absolute Gasteiger partial charge is 0.497 e. The van der Waals surface area contributed by atoms with Crippen LogP contribution < -0.4 is 10.5 Å². The number of ether oxygens (including phenoxy) is 2. The minimum Gasteiger partial charge on any atom is -0.497 e. The zero-order valence-electron chi connectivity index (χ0n) is 9.92. The molecule has 0 heterocycles. The molecule has 5 nitrogen and oxygen atoms in total. The van der Waals surface area contributed by atoms with Gasteiger partial charge in [-0.1, -0.05) is 12.1 Å². The molecule has 1 aromatic carbocycles. The second kappa shape index (κ2) is 6.22. The van der Waals surface area contributed by atoms with E-state index in [1.807, 2.05) is 6.07 Å². The number of nitrogens with two attached hydrogens (primary N) is 1. The van der Waals surface area contributed by atoms with Crippen molar-refractivity contribution < 1.29 is 19.4 Å². The van der Waals surface area contributed by atoms with E-state index in [2.05, 4.69) is 0 Å². The fraction of sp³-hybridized carbons (Fsp3) is 0.417. The van der Waals surface area contributed by atoms with E-state index in [-0.39, 0.29) is 6.61 Å². The number of aliphatic hydroxyl groups excluding tert-OH is 1. The van der Waals surface area contributed by atoms with Gasteiger partial charge in [0.15, 0.2) is 0 Å². The van der Waals surface area contributed by atoms with Crippen molar-refractivity contribution in [2.75, 3.05) is 7.11 Å². The van der Waals surface area contributed by atoms with Crippen LogP contribution in [-0.2, 0) is 16.1 Å². The lowest BCUT2D eigenvalue weighted by Gasteiger charge is -2.13. The number of hydrogen-bond acceptors (Lipinski definition) is 5. The first-order valence-electron chi connectivity index (χ1n) is 5.28. The standard InChI is InChI=1S/C12H17NO4/c1-8(14)11(13)12(15)17-7-9-4-3-5-10(6-9)16-2/h3-6,8,11,14H,7,13H2,1-2H3/t8-,11+/m1/s1. The summed E-state index contributed by atoms with van der Waals surface area (Å²) in [5, 5.41) is 9.12. The van der Waals surface area contributed by atoms with Crippen LogP contribution in [0.5, 0.6) is 5.75 Å². The van der Waals surface area contributed by atoms with Gasteiger partial charge < -0.3 is 20.3 Å². The second-order valence-corrected chi connectivity index (χ2v) is 3.73. The molecule has 0 spiro atoms. The van der Waals surface area contributed by atoms with Gasteiger partial charge in [-0.05, 0) is 24.6 Å². The van der Waals surface area contributed by atoms with Gasteiger partial charge in [-0.3, -0.25) is 4.79 Å². The molecule has 0 aliphatic heterocycles. The van der Waals surface area contributed by atoms with Gasteiger partial charge in [-0.2, -0.15) is 0 Å². The predicted octanol–water partition coefficient (Wildman–Crippen LogP) is 0.446. The molecule has 0 amide bonds. The number of esters is 1. The molecule has 0 unspecified atom stereocenters. The van der Waals surface area contributed by atoms with Crippen molar-refractivity contribution in [2.45, 2.75) is 25.7 Å². The van der Waals surface area contributed by atoms with Crippen molar-refractivity contribution in [3.05, 3.63) is 29.8 Å². The summed E-state index contributed by atoms with van der Waals surface area (Å²) >= 11 is 0. The van der Waals surface area contributed by atoms with E-state index in [0.29, 0.717) is 5.75 Å². The Hall–Kier alpha value is -1.59. The first-order valence-corrected chi connectivity index (χ1v) is 5.28. The molecule has 0 saturated heterocycles. The second-order valence-electron chi connectivity index (χ2n) is 3.73. The number of methoxy groups -OCH3 is 1. The van der Waals surface area contributed by atoms with Crippen molar-refractivity contribution >= 4 is 5.97 Å². The molecular weight excluding hydrogens is 222 g/mol. The Labute approximate surface area is 100 Å². The zero-order chi connectivity index (χ0) is 12.8. The minimum absolute atomic E-state index is 0.108. The van der Waals surface area contributed by atoms with Crippen molar-refractivity contribution in [3.8, 4) is 5.75 Å². The van der Waals surface area contributed by atoms with Crippen LogP contribution in [0.2, 0.25) is 0 Å². The summed E-state index contributed by atoms with van der Waals surface area (Å²) in [7, 11) is 1.56. The monoisotopic (exact) mass is 239 g/mol. The summed E-state index contributed by atoms with van der Waals surface area (Å²) in [4.78, 5) is 11.4. The van der Waals surface area contributed by atoms with E-state index in [9.17, 15) is 4.79 Å². The van der Waals surface area contributed by atoms with Crippen LogP contribution in [0.4, 0.5) is 0 Å². The Bertz CT molecular complexity index is 379. The molecular formula is C12H17NO4. The molecule has 0 bridgehead atoms. The SMILES string of the molecule is COc1cccc(COC(=O)[C@@H](N)[C@@H](C)O)c1. The number of aliphatic hydroxyl groups is 1. The smallest absolute Gasteiger partial charge is 0.325 e. The third-order valence-electron chi connectivity index (χ3n) is 2.31. The number of hydrogen-bond donors (Lipinski definition) is 2. The average Bonchev–Trinajstić information content (AvgIpc) is 2.35. The van der Waals surface area contributed by atoms with Crippen LogP contribution in [0.15, 0.2) is 24.3 Å². The van der Waals surface area contributed by atoms with Crippen LogP contribution >= 0.6 is 0 Å². The molecule has 5 heteroatoms. The van der Waals surface area contributed by atoms with Gasteiger partial charge in [-0.25, -0.2) is 0 Å². The maximum absolute atomic E-state index is 11.4. The molecule has 1 aromatic rings. The molecule has 94 valence electrons. The van der Waals surface area contributed by atoms with Crippen LogP contribution in [0, 0.1) is 0 Å². The van der Waals surface area contributed by atoms with Crippen molar-refractivity contribution in [3.63, 3.8) is 0 Å². The highest BCUT2D eigenvalue weighted by Gasteiger charge is 2.20. The molecule has 0 aliphatic rings. The van der Waals surface area contributed by atoms with Gasteiger partial charge in [0, 0.05) is 0 Å². The number of carbonyl (C=O) groups is 1. The zero-order valence-corrected chi connectivity index (χ0v) is 9.92. The molecule has 2 atom stereocenters. The van der Waals surface area contributed by atoms with E-state index in [4.69, 9.17) is 20.3 Å². The lowest BCUT2D eigenvalue weighted by atomic mass is 10.2. The van der Waals surface area contributed by atoms with Crippen LogP contribution in [0.1, 0.15) is 12.5 Å². The molecule has 0 aromatic heterocycles. The normalized spacial score (nSPS) is 13.9. The lowest BCUT2D eigenvalue weighted by Crippen LogP contribution is -2.41. The molecule has 0 saturated carbocycles. The summed E-state index contributed by atoms with van der Waals surface area (Å²) in [5.41, 5.74) is 6.23. The minimum atomic E-state index is -1.01. The lowest BCUT2D eigenvalue weighted by molar-refractivity contribution is -0.149. The van der Waals surface area contributed by atoms with Gasteiger partial charge in [0.25, 0.3) is 0 Å². The van der Waals surface area contributed by atoms with E-state index in [1.165, 1.54) is 6.92 Å². The fourth-order valence-electron chi connectivity index (χ4n) is 1.21. The van der Waals surface area contributed by atoms with Gasteiger partial charge in [0.05, 0.1) is 13.2 Å². The highest BCUT2D eigenvalue weighted by Crippen LogP contribution is 2.13. The van der Waals surface area contributed by atoms with Crippen molar-refractivity contribution in [1.29, 1.82) is 0 Å². The average molecular weight is 239 g/mol. The maximum Gasteiger partial charge on any atom is 0.325 e. The molecule has 17 heavy (non-hydrogen) atoms. The highest BCUT2D eigenvalue weighted by atomic mass is 16.5. The highest BCUT2D eigenvalue weighted by molar-refractivity contribution is 5.76. The first-order chi connectivity index (χ1) is 8.04. The quantitative estimate of drug-likeness (QED) is 0.729. The molecule has 0 aliphatic carbocycles. The molecule has 1 rings (SSSR count). The van der Waals surface area contributed by atoms with E-state index in [1.54, 1.807) is 25.3 Å². The molecule has 0 fully saturated rings. The number of benzene rings is 1. The van der Waals surface area contributed by atoms with E-state index >= 15 is 0 Å². The topological polar surface area (TPSA) is 81.8 Å². The van der Waals surface area contributed by atoms with Gasteiger partial charge in [0.1, 0.15) is 18.4 Å². The van der Waals surface area contributed by atoms with Gasteiger partial charge >= 0.3 is 5.97 Å². The van der Waals surface area contributed by atoms with Crippen molar-refractivity contribution in [2.24, 2.45) is 5.73 Å². The predicted molar refractivity (Wildman–Crippen MR) is 62.4 cm³/mol. The summed E-state index contributed by atoms with van der Waals surface area (Å²) in [6, 6.07) is 6.16. The third kappa shape index (κ3) is 4.05. The Kier molecular flexibility index (Phi) is 4.93. The first kappa shape index (κ1) is 13.5. The van der Waals surface area contributed by atoms with E-state index in [0.717, 1.165) is 5.56 Å². The van der Waals surface area contributed by atoms with Crippen LogP contribution in [-0.4, -0.2) is 30.3 Å².